The van der Waals surface area contributed by atoms with Gasteiger partial charge in [0, 0.05) is 25.3 Å². The molecule has 1 saturated heterocycles. The van der Waals surface area contributed by atoms with E-state index in [1.807, 2.05) is 0 Å². The van der Waals surface area contributed by atoms with Crippen LogP contribution >= 0.6 is 0 Å². The van der Waals surface area contributed by atoms with Gasteiger partial charge in [0.15, 0.2) is 0 Å². The molecule has 1 unspecified atom stereocenters. The molecule has 1 aliphatic heterocycles. The second kappa shape index (κ2) is 3.35. The van der Waals surface area contributed by atoms with E-state index in [9.17, 15) is 0 Å². The zero-order chi connectivity index (χ0) is 7.56. The topological polar surface area (TPSA) is 15.3 Å². The lowest BCUT2D eigenvalue weighted by molar-refractivity contribution is 0.269. The van der Waals surface area contributed by atoms with Crippen molar-refractivity contribution < 1.29 is 0 Å². The Kier molecular flexibility index (Phi) is 2.69. The van der Waals surface area contributed by atoms with Crippen LogP contribution in [0.2, 0.25) is 0 Å². The molecule has 2 heteroatoms. The summed E-state index contributed by atoms with van der Waals surface area (Å²) in [4.78, 5) is 2.47. The third-order valence-corrected chi connectivity index (χ3v) is 2.26. The molecule has 0 aromatic heterocycles. The van der Waals surface area contributed by atoms with Crippen LogP contribution in [0.3, 0.4) is 0 Å². The van der Waals surface area contributed by atoms with Crippen molar-refractivity contribution in [2.45, 2.75) is 39.3 Å². The average molecular weight is 142 g/mol. The maximum Gasteiger partial charge on any atom is 0.0486 e. The average Bonchev–Trinajstić information content (AvgIpc) is 2.34. The molecule has 60 valence electrons. The Labute approximate surface area is 63.6 Å². The molecular weight excluding hydrogens is 124 g/mol. The van der Waals surface area contributed by atoms with Gasteiger partial charge in [-0.15, -0.1) is 0 Å². The maximum absolute atomic E-state index is 3.46. The Morgan fingerprint density at radius 2 is 2.30 bits per heavy atom. The summed E-state index contributed by atoms with van der Waals surface area (Å²) in [6.45, 7) is 9.05. The molecule has 0 amide bonds. The van der Waals surface area contributed by atoms with Crippen LogP contribution in [0, 0.1) is 0 Å². The van der Waals surface area contributed by atoms with Gasteiger partial charge in [-0.1, -0.05) is 6.92 Å². The van der Waals surface area contributed by atoms with Gasteiger partial charge in [-0.05, 0) is 20.3 Å². The minimum Gasteiger partial charge on any atom is -0.300 e. The Morgan fingerprint density at radius 3 is 2.60 bits per heavy atom. The molecule has 0 aliphatic carbocycles. The van der Waals surface area contributed by atoms with Crippen molar-refractivity contribution in [3.63, 3.8) is 0 Å². The first-order chi connectivity index (χ1) is 4.74. The van der Waals surface area contributed by atoms with Crippen molar-refractivity contribution in [2.24, 2.45) is 0 Å². The van der Waals surface area contributed by atoms with E-state index in [1.165, 1.54) is 13.0 Å². The summed E-state index contributed by atoms with van der Waals surface area (Å²) in [5.74, 6) is 0. The van der Waals surface area contributed by atoms with Gasteiger partial charge in [0.05, 0.1) is 0 Å². The summed E-state index contributed by atoms with van der Waals surface area (Å²) in [6, 6.07) is 1.44. The van der Waals surface area contributed by atoms with E-state index < -0.39 is 0 Å². The largest absolute Gasteiger partial charge is 0.300 e. The molecule has 1 atom stereocenters. The summed E-state index contributed by atoms with van der Waals surface area (Å²) in [6.07, 6.45) is 1.25. The van der Waals surface area contributed by atoms with Gasteiger partial charge in [-0.2, -0.15) is 0 Å². The molecule has 0 radical (unpaired) electrons. The summed E-state index contributed by atoms with van der Waals surface area (Å²) < 4.78 is 0. The van der Waals surface area contributed by atoms with Crippen LogP contribution in [-0.4, -0.2) is 30.2 Å². The maximum atomic E-state index is 3.46. The fourth-order valence-electron chi connectivity index (χ4n) is 1.33. The monoisotopic (exact) mass is 142 g/mol. The van der Waals surface area contributed by atoms with Crippen LogP contribution in [0.1, 0.15) is 27.2 Å². The summed E-state index contributed by atoms with van der Waals surface area (Å²) >= 11 is 0. The van der Waals surface area contributed by atoms with Crippen LogP contribution in [-0.2, 0) is 0 Å². The highest BCUT2D eigenvalue weighted by atomic mass is 15.3. The highest BCUT2D eigenvalue weighted by Crippen LogP contribution is 2.07. The van der Waals surface area contributed by atoms with Crippen molar-refractivity contribution >= 4 is 0 Å². The number of hydrogen-bond donors (Lipinski definition) is 1. The first-order valence-corrected chi connectivity index (χ1v) is 4.21. The lowest BCUT2D eigenvalue weighted by atomic mass is 10.2. The van der Waals surface area contributed by atoms with E-state index in [1.54, 1.807) is 0 Å². The molecule has 1 N–H and O–H groups in total. The second-order valence-corrected chi connectivity index (χ2v) is 3.33. The Balaban J connectivity index is 2.28. The molecule has 0 aromatic rings. The third kappa shape index (κ3) is 1.70. The number of nitrogens with one attached hydrogen (secondary N) is 1. The van der Waals surface area contributed by atoms with E-state index in [0.717, 1.165) is 12.7 Å². The van der Waals surface area contributed by atoms with Crippen molar-refractivity contribution in [2.75, 3.05) is 13.2 Å². The Hall–Kier alpha value is -0.0800. The molecule has 1 aliphatic rings. The van der Waals surface area contributed by atoms with Crippen molar-refractivity contribution in [1.29, 1.82) is 0 Å². The van der Waals surface area contributed by atoms with E-state index >= 15 is 0 Å². The lowest BCUT2D eigenvalue weighted by Crippen LogP contribution is -2.29. The summed E-state index contributed by atoms with van der Waals surface area (Å²) in [5.41, 5.74) is 0. The second-order valence-electron chi connectivity index (χ2n) is 3.33. The van der Waals surface area contributed by atoms with Crippen molar-refractivity contribution in [3.8, 4) is 0 Å². The first kappa shape index (κ1) is 8.02. The highest BCUT2D eigenvalue weighted by molar-refractivity contribution is 4.78. The molecule has 1 fully saturated rings. The number of nitrogens with zero attached hydrogens (tertiary/aromatic N) is 1. The van der Waals surface area contributed by atoms with Gasteiger partial charge in [-0.3, -0.25) is 4.90 Å². The molecular formula is C8H18N2. The number of rotatable bonds is 2. The fourth-order valence-corrected chi connectivity index (χ4v) is 1.33. The van der Waals surface area contributed by atoms with E-state index in [0.29, 0.717) is 6.04 Å². The van der Waals surface area contributed by atoms with E-state index in [2.05, 4.69) is 31.0 Å². The third-order valence-electron chi connectivity index (χ3n) is 2.26. The van der Waals surface area contributed by atoms with Crippen LogP contribution < -0.4 is 5.32 Å². The molecule has 1 rings (SSSR count). The highest BCUT2D eigenvalue weighted by Gasteiger charge is 2.21. The fraction of sp³-hybridized carbons (Fsp3) is 1.00. The van der Waals surface area contributed by atoms with Crippen LogP contribution in [0.25, 0.3) is 0 Å². The van der Waals surface area contributed by atoms with Crippen molar-refractivity contribution in [1.82, 2.24) is 10.2 Å². The predicted molar refractivity (Wildman–Crippen MR) is 43.9 cm³/mol. The molecule has 1 heterocycles. The molecule has 0 spiro atoms. The number of hydrogen-bond acceptors (Lipinski definition) is 2. The van der Waals surface area contributed by atoms with Crippen molar-refractivity contribution in [3.05, 3.63) is 0 Å². The van der Waals surface area contributed by atoms with E-state index in [4.69, 9.17) is 0 Å². The summed E-state index contributed by atoms with van der Waals surface area (Å²) in [5, 5.41) is 3.46. The molecule has 0 bridgehead atoms. The zero-order valence-corrected chi connectivity index (χ0v) is 7.22. The van der Waals surface area contributed by atoms with E-state index in [-0.39, 0.29) is 0 Å². The van der Waals surface area contributed by atoms with Crippen LogP contribution in [0.15, 0.2) is 0 Å². The normalized spacial score (nSPS) is 28.2. The van der Waals surface area contributed by atoms with Crippen LogP contribution in [0.5, 0.6) is 0 Å². The zero-order valence-electron chi connectivity index (χ0n) is 7.22. The smallest absolute Gasteiger partial charge is 0.0486 e. The lowest BCUT2D eigenvalue weighted by Gasteiger charge is -2.18. The van der Waals surface area contributed by atoms with Gasteiger partial charge in [0.1, 0.15) is 0 Å². The molecule has 0 saturated carbocycles. The van der Waals surface area contributed by atoms with Crippen LogP contribution in [0.4, 0.5) is 0 Å². The van der Waals surface area contributed by atoms with Gasteiger partial charge in [0.25, 0.3) is 0 Å². The molecule has 10 heavy (non-hydrogen) atoms. The summed E-state index contributed by atoms with van der Waals surface area (Å²) in [7, 11) is 0. The minimum atomic E-state index is 0.698. The Bertz CT molecular complexity index is 101. The minimum absolute atomic E-state index is 0.698. The van der Waals surface area contributed by atoms with Gasteiger partial charge in [-0.25, -0.2) is 0 Å². The molecule has 0 aromatic carbocycles. The first-order valence-electron chi connectivity index (χ1n) is 4.21. The SMILES string of the molecule is CCC1CN(C(C)C)CN1. The van der Waals surface area contributed by atoms with Gasteiger partial charge in [0.2, 0.25) is 0 Å². The van der Waals surface area contributed by atoms with Gasteiger partial charge >= 0.3 is 0 Å². The van der Waals surface area contributed by atoms with Gasteiger partial charge < -0.3 is 5.32 Å². The predicted octanol–water partition coefficient (Wildman–Crippen LogP) is 1.04. The standard InChI is InChI=1S/C8H18N2/c1-4-8-5-10(6-9-8)7(2)3/h7-9H,4-6H2,1-3H3. The quantitative estimate of drug-likeness (QED) is 0.619. The Morgan fingerprint density at radius 1 is 1.60 bits per heavy atom. The molecule has 2 nitrogen and oxygen atoms in total.